The van der Waals surface area contributed by atoms with E-state index in [1.807, 2.05) is 0 Å². The van der Waals surface area contributed by atoms with Crippen LogP contribution in [0.1, 0.15) is 66.7 Å². The van der Waals surface area contributed by atoms with Gasteiger partial charge >= 0.3 is 0 Å². The van der Waals surface area contributed by atoms with Gasteiger partial charge in [0.2, 0.25) is 0 Å². The smallest absolute Gasteiger partial charge is 0.192 e. The van der Waals surface area contributed by atoms with E-state index in [2.05, 4.69) is 53.3 Å². The molecule has 3 heteroatoms. The zero-order chi connectivity index (χ0) is 18.7. The van der Waals surface area contributed by atoms with Crippen molar-refractivity contribution in [3.05, 3.63) is 24.3 Å². The largest absolute Gasteiger partial charge is 0.413 e. The average molecular weight is 363 g/mol. The van der Waals surface area contributed by atoms with Gasteiger partial charge in [0.1, 0.15) is 6.29 Å². The first-order chi connectivity index (χ1) is 11.8. The molecule has 142 valence electrons. The lowest BCUT2D eigenvalue weighted by molar-refractivity contribution is -0.106. The summed E-state index contributed by atoms with van der Waals surface area (Å²) in [6.45, 7) is 15.8. The number of fused-ring (bicyclic) bond motifs is 1. The maximum absolute atomic E-state index is 11.3. The van der Waals surface area contributed by atoms with Crippen molar-refractivity contribution in [2.45, 2.75) is 91.0 Å². The van der Waals surface area contributed by atoms with Crippen LogP contribution in [-0.2, 0) is 9.22 Å². The number of aldehydes is 1. The third-order valence-corrected chi connectivity index (χ3v) is 12.2. The number of carbonyl (C=O) groups is 1. The Morgan fingerprint density at radius 3 is 2.40 bits per heavy atom. The second kappa shape index (κ2) is 7.92. The van der Waals surface area contributed by atoms with Crippen LogP contribution in [0, 0.1) is 16.7 Å². The van der Waals surface area contributed by atoms with Crippen LogP contribution in [-0.4, -0.2) is 20.7 Å². The van der Waals surface area contributed by atoms with E-state index in [1.54, 1.807) is 0 Å². The van der Waals surface area contributed by atoms with Crippen molar-refractivity contribution in [3.63, 3.8) is 0 Å². The van der Waals surface area contributed by atoms with E-state index in [0.29, 0.717) is 12.0 Å². The molecule has 0 N–H and O–H groups in total. The summed E-state index contributed by atoms with van der Waals surface area (Å²) >= 11 is 0. The summed E-state index contributed by atoms with van der Waals surface area (Å²) in [5.41, 5.74) is 1.25. The van der Waals surface area contributed by atoms with Crippen LogP contribution in [0.3, 0.4) is 0 Å². The Labute approximate surface area is 156 Å². The second-order valence-electron chi connectivity index (χ2n) is 8.82. The summed E-state index contributed by atoms with van der Waals surface area (Å²) in [6, 6.07) is 3.62. The van der Waals surface area contributed by atoms with Gasteiger partial charge in [-0.2, -0.15) is 0 Å². The molecular formula is C22H38O2Si. The summed E-state index contributed by atoms with van der Waals surface area (Å²) in [6.07, 6.45) is 11.0. The standard InChI is InChI=1S/C22H38O2Si/c1-7-14-22(6)19-12-11-18(17-23)16-21(19,5)15-13-20(22)24-25(8-2,9-3)10-4/h7,16-17,19-20H,1,8-15H2,2-6H3/t19-,20+,21-,22+/m1/s1. The zero-order valence-electron chi connectivity index (χ0n) is 17.1. The Morgan fingerprint density at radius 1 is 1.24 bits per heavy atom. The molecule has 0 bridgehead atoms. The van der Waals surface area contributed by atoms with Crippen LogP contribution < -0.4 is 0 Å². The highest BCUT2D eigenvalue weighted by Crippen LogP contribution is 2.59. The van der Waals surface area contributed by atoms with Crippen LogP contribution in [0.2, 0.25) is 18.1 Å². The lowest BCUT2D eigenvalue weighted by atomic mass is 9.50. The first-order valence-electron chi connectivity index (χ1n) is 10.3. The number of carbonyl (C=O) groups excluding carboxylic acids is 1. The van der Waals surface area contributed by atoms with Gasteiger partial charge in [0, 0.05) is 0 Å². The average Bonchev–Trinajstić information content (AvgIpc) is 2.61. The van der Waals surface area contributed by atoms with Gasteiger partial charge in [-0.05, 0) is 72.6 Å². The Morgan fingerprint density at radius 2 is 1.88 bits per heavy atom. The third-order valence-electron chi connectivity index (χ3n) is 7.57. The summed E-state index contributed by atoms with van der Waals surface area (Å²) in [7, 11) is -1.63. The van der Waals surface area contributed by atoms with E-state index < -0.39 is 8.32 Å². The minimum absolute atomic E-state index is 0.122. The van der Waals surface area contributed by atoms with Crippen molar-refractivity contribution in [1.82, 2.24) is 0 Å². The Bertz CT molecular complexity index is 514. The molecule has 1 saturated carbocycles. The van der Waals surface area contributed by atoms with Crippen LogP contribution in [0.4, 0.5) is 0 Å². The number of hydrogen-bond acceptors (Lipinski definition) is 2. The normalized spacial score (nSPS) is 35.6. The predicted octanol–water partition coefficient (Wildman–Crippen LogP) is 6.29. The molecule has 2 aliphatic rings. The van der Waals surface area contributed by atoms with E-state index in [0.717, 1.165) is 44.0 Å². The zero-order valence-corrected chi connectivity index (χ0v) is 18.1. The van der Waals surface area contributed by atoms with Gasteiger partial charge in [0.05, 0.1) is 6.10 Å². The first-order valence-corrected chi connectivity index (χ1v) is 12.8. The molecule has 4 atom stereocenters. The van der Waals surface area contributed by atoms with Crippen molar-refractivity contribution >= 4 is 14.6 Å². The minimum Gasteiger partial charge on any atom is -0.413 e. The van der Waals surface area contributed by atoms with Gasteiger partial charge in [0.15, 0.2) is 8.32 Å². The highest BCUT2D eigenvalue weighted by molar-refractivity contribution is 6.73. The predicted molar refractivity (Wildman–Crippen MR) is 109 cm³/mol. The molecule has 0 aromatic heterocycles. The molecular weight excluding hydrogens is 324 g/mol. The fourth-order valence-electron chi connectivity index (χ4n) is 5.74. The van der Waals surface area contributed by atoms with Crippen LogP contribution in [0.25, 0.3) is 0 Å². The molecule has 1 fully saturated rings. The third kappa shape index (κ3) is 3.73. The highest BCUT2D eigenvalue weighted by Gasteiger charge is 2.54. The second-order valence-corrected chi connectivity index (χ2v) is 13.5. The van der Waals surface area contributed by atoms with Crippen LogP contribution in [0.15, 0.2) is 24.3 Å². The SMILES string of the molecule is C=CC[C@]1(C)[C@@H](O[Si](CC)(CC)CC)CC[C@]2(C)C=C(C=O)CC[C@@H]12. The van der Waals surface area contributed by atoms with E-state index in [-0.39, 0.29) is 10.8 Å². The van der Waals surface area contributed by atoms with E-state index in [4.69, 9.17) is 4.43 Å². The molecule has 0 spiro atoms. The number of rotatable bonds is 8. The van der Waals surface area contributed by atoms with Gasteiger partial charge < -0.3 is 4.43 Å². The maximum Gasteiger partial charge on any atom is 0.192 e. The highest BCUT2D eigenvalue weighted by atomic mass is 28.4. The maximum atomic E-state index is 11.3. The molecule has 2 nitrogen and oxygen atoms in total. The monoisotopic (exact) mass is 362 g/mol. The molecule has 0 amide bonds. The van der Waals surface area contributed by atoms with E-state index >= 15 is 0 Å². The molecule has 0 aromatic rings. The fourth-order valence-corrected chi connectivity index (χ4v) is 8.73. The van der Waals surface area contributed by atoms with Crippen molar-refractivity contribution in [2.24, 2.45) is 16.7 Å². The van der Waals surface area contributed by atoms with Gasteiger partial charge in [-0.15, -0.1) is 6.58 Å². The van der Waals surface area contributed by atoms with Crippen LogP contribution in [0.5, 0.6) is 0 Å². The van der Waals surface area contributed by atoms with Gasteiger partial charge in [-0.1, -0.05) is 46.8 Å². The Kier molecular flexibility index (Phi) is 6.53. The van der Waals surface area contributed by atoms with Crippen molar-refractivity contribution in [3.8, 4) is 0 Å². The minimum atomic E-state index is -1.63. The topological polar surface area (TPSA) is 26.3 Å². The molecule has 25 heavy (non-hydrogen) atoms. The molecule has 0 aliphatic heterocycles. The molecule has 0 aromatic carbocycles. The quantitative estimate of drug-likeness (QED) is 0.288. The molecule has 0 radical (unpaired) electrons. The Balaban J connectivity index is 2.37. The molecule has 0 unspecified atom stereocenters. The van der Waals surface area contributed by atoms with Crippen molar-refractivity contribution in [1.29, 1.82) is 0 Å². The molecule has 0 heterocycles. The summed E-state index contributed by atoms with van der Waals surface area (Å²) in [5.74, 6) is 0.567. The Hall–Kier alpha value is -0.673. The molecule has 2 rings (SSSR count). The van der Waals surface area contributed by atoms with E-state index in [9.17, 15) is 4.79 Å². The van der Waals surface area contributed by atoms with Crippen LogP contribution >= 0.6 is 0 Å². The summed E-state index contributed by atoms with van der Waals surface area (Å²) in [5, 5.41) is 0. The number of hydrogen-bond donors (Lipinski definition) is 0. The molecule has 0 saturated heterocycles. The lowest BCUT2D eigenvalue weighted by Crippen LogP contribution is -2.56. The van der Waals surface area contributed by atoms with E-state index in [1.165, 1.54) is 18.1 Å². The fraction of sp³-hybridized carbons (Fsp3) is 0.773. The van der Waals surface area contributed by atoms with Gasteiger partial charge in [0.25, 0.3) is 0 Å². The molecule has 2 aliphatic carbocycles. The van der Waals surface area contributed by atoms with Crippen molar-refractivity contribution < 1.29 is 9.22 Å². The number of allylic oxidation sites excluding steroid dienone is 3. The first kappa shape index (κ1) is 20.6. The van der Waals surface area contributed by atoms with Gasteiger partial charge in [-0.3, -0.25) is 4.79 Å². The van der Waals surface area contributed by atoms with Gasteiger partial charge in [-0.25, -0.2) is 0 Å². The lowest BCUT2D eigenvalue weighted by Gasteiger charge is -2.58. The summed E-state index contributed by atoms with van der Waals surface area (Å²) < 4.78 is 7.04. The van der Waals surface area contributed by atoms with Crippen molar-refractivity contribution in [2.75, 3.05) is 0 Å². The summed E-state index contributed by atoms with van der Waals surface area (Å²) in [4.78, 5) is 11.3.